The average Bonchev–Trinajstić information content (AvgIpc) is 2.38. The van der Waals surface area contributed by atoms with Crippen LogP contribution in [0.3, 0.4) is 0 Å². The normalized spacial score (nSPS) is 9.18. The predicted octanol–water partition coefficient (Wildman–Crippen LogP) is 3.12. The van der Waals surface area contributed by atoms with Crippen LogP contribution in [0.15, 0.2) is 37.4 Å². The van der Waals surface area contributed by atoms with E-state index in [0.29, 0.717) is 5.92 Å². The van der Waals surface area contributed by atoms with Gasteiger partial charge in [0.1, 0.15) is 5.75 Å². The van der Waals surface area contributed by atoms with Crippen molar-refractivity contribution in [1.29, 1.82) is 0 Å². The number of hydrogen-bond acceptors (Lipinski definition) is 2. The lowest BCUT2D eigenvalue weighted by molar-refractivity contribution is -0.107. The fraction of sp³-hybridized carbons (Fsp3) is 0.357. The van der Waals surface area contributed by atoms with Crippen LogP contribution in [0.4, 0.5) is 5.69 Å². The molecule has 1 aromatic rings. The lowest BCUT2D eigenvalue weighted by atomic mass is 10.2. The number of methoxy groups -OCH3 is 1. The van der Waals surface area contributed by atoms with Crippen molar-refractivity contribution in [2.45, 2.75) is 13.8 Å². The minimum atomic E-state index is 0.456. The van der Waals surface area contributed by atoms with E-state index in [1.807, 2.05) is 24.3 Å². The Morgan fingerprint density at radius 3 is 2.18 bits per heavy atom. The van der Waals surface area contributed by atoms with Crippen molar-refractivity contribution < 1.29 is 9.53 Å². The van der Waals surface area contributed by atoms with E-state index < -0.39 is 0 Å². The number of nitrogens with zero attached hydrogens (tertiary/aromatic N) is 1. The van der Waals surface area contributed by atoms with Gasteiger partial charge in [-0.1, -0.05) is 13.8 Å². The van der Waals surface area contributed by atoms with Crippen LogP contribution in [-0.4, -0.2) is 20.1 Å². The number of hydrogen-bond donors (Lipinski definition) is 0. The quantitative estimate of drug-likeness (QED) is 0.579. The number of anilines is 1. The Balaban J connectivity index is 0.00000121. The summed E-state index contributed by atoms with van der Waals surface area (Å²) < 4.78 is 5.06. The molecule has 1 rings (SSSR count). The van der Waals surface area contributed by atoms with Gasteiger partial charge in [-0.2, -0.15) is 0 Å². The molecule has 0 saturated heterocycles. The van der Waals surface area contributed by atoms with Crippen molar-refractivity contribution in [1.82, 2.24) is 0 Å². The molecule has 94 valence electrons. The Hall–Kier alpha value is -1.77. The highest BCUT2D eigenvalue weighted by molar-refractivity contribution is 5.75. The number of carbonyl (C=O) groups excluding carboxylic acids is 1. The predicted molar refractivity (Wildman–Crippen MR) is 72.5 cm³/mol. The summed E-state index contributed by atoms with van der Waals surface area (Å²) in [4.78, 5) is 12.6. The van der Waals surface area contributed by atoms with Crippen LogP contribution in [0.25, 0.3) is 0 Å². The highest BCUT2D eigenvalue weighted by atomic mass is 16.5. The summed E-state index contributed by atoms with van der Waals surface area (Å²) in [5, 5.41) is 0. The summed E-state index contributed by atoms with van der Waals surface area (Å²) in [6, 6.07) is 7.48. The summed E-state index contributed by atoms with van der Waals surface area (Å²) in [5.41, 5.74) is 0.902. The van der Waals surface area contributed by atoms with Crippen LogP contribution in [0.5, 0.6) is 5.75 Å². The van der Waals surface area contributed by atoms with Crippen molar-refractivity contribution in [3.8, 4) is 5.75 Å². The molecule has 0 atom stereocenters. The van der Waals surface area contributed by atoms with E-state index in [1.54, 1.807) is 12.0 Å². The third-order valence-corrected chi connectivity index (χ3v) is 2.09. The second kappa shape index (κ2) is 8.39. The zero-order valence-corrected chi connectivity index (χ0v) is 10.8. The van der Waals surface area contributed by atoms with Crippen LogP contribution in [0.2, 0.25) is 0 Å². The van der Waals surface area contributed by atoms with Crippen molar-refractivity contribution in [2.24, 2.45) is 5.92 Å². The molecule has 0 fully saturated rings. The highest BCUT2D eigenvalue weighted by Gasteiger charge is 2.06. The number of rotatable bonds is 5. The van der Waals surface area contributed by atoms with Crippen LogP contribution >= 0.6 is 0 Å². The van der Waals surface area contributed by atoms with Crippen molar-refractivity contribution in [3.63, 3.8) is 0 Å². The smallest absolute Gasteiger partial charge is 0.214 e. The largest absolute Gasteiger partial charge is 0.497 e. The molecular formula is C14H21NO2. The van der Waals surface area contributed by atoms with Gasteiger partial charge < -0.3 is 9.64 Å². The Labute approximate surface area is 104 Å². The molecular weight excluding hydrogens is 214 g/mol. The van der Waals surface area contributed by atoms with Crippen molar-refractivity contribution in [3.05, 3.63) is 37.4 Å². The Bertz CT molecular complexity index is 319. The van der Waals surface area contributed by atoms with Gasteiger partial charge in [-0.25, -0.2) is 0 Å². The van der Waals surface area contributed by atoms with Crippen LogP contribution in [0, 0.1) is 5.92 Å². The molecule has 0 N–H and O–H groups in total. The number of amides is 1. The monoisotopic (exact) mass is 235 g/mol. The van der Waals surface area contributed by atoms with Crippen molar-refractivity contribution in [2.75, 3.05) is 18.6 Å². The lowest BCUT2D eigenvalue weighted by Gasteiger charge is -2.19. The van der Waals surface area contributed by atoms with Gasteiger partial charge >= 0.3 is 0 Å². The Kier molecular flexibility index (Phi) is 7.52. The topological polar surface area (TPSA) is 29.5 Å². The molecule has 17 heavy (non-hydrogen) atoms. The molecule has 3 heteroatoms. The lowest BCUT2D eigenvalue weighted by Crippen LogP contribution is -2.25. The van der Waals surface area contributed by atoms with Gasteiger partial charge in [0.05, 0.1) is 7.11 Å². The summed E-state index contributed by atoms with van der Waals surface area (Å²) >= 11 is 0. The molecule has 1 amide bonds. The van der Waals surface area contributed by atoms with Crippen molar-refractivity contribution >= 4 is 12.1 Å². The molecule has 0 aliphatic rings. The summed E-state index contributed by atoms with van der Waals surface area (Å²) in [7, 11) is 1.63. The van der Waals surface area contributed by atoms with Gasteiger partial charge in [0, 0.05) is 12.2 Å². The highest BCUT2D eigenvalue weighted by Crippen LogP contribution is 2.18. The standard InChI is InChI=1S/C12H17NO2.C2H4/c1-10(2)8-13(9-14)11-4-6-12(15-3)7-5-11;1-2/h4-7,9-10H,8H2,1-3H3;1-2H2. The van der Waals surface area contributed by atoms with E-state index in [0.717, 1.165) is 24.4 Å². The van der Waals surface area contributed by atoms with Gasteiger partial charge in [0.25, 0.3) is 0 Å². The summed E-state index contributed by atoms with van der Waals surface area (Å²) in [6.45, 7) is 10.9. The van der Waals surface area contributed by atoms with Gasteiger partial charge in [-0.3, -0.25) is 4.79 Å². The number of carbonyl (C=O) groups is 1. The molecule has 1 aromatic carbocycles. The van der Waals surface area contributed by atoms with Gasteiger partial charge in [-0.15, -0.1) is 13.2 Å². The number of ether oxygens (including phenoxy) is 1. The molecule has 0 aromatic heterocycles. The van der Waals surface area contributed by atoms with E-state index in [1.165, 1.54) is 0 Å². The third-order valence-electron chi connectivity index (χ3n) is 2.09. The third kappa shape index (κ3) is 5.20. The van der Waals surface area contributed by atoms with E-state index in [9.17, 15) is 4.79 Å². The fourth-order valence-corrected chi connectivity index (χ4v) is 1.38. The first kappa shape index (κ1) is 15.2. The maximum Gasteiger partial charge on any atom is 0.214 e. The molecule has 0 spiro atoms. The zero-order chi connectivity index (χ0) is 13.3. The maximum absolute atomic E-state index is 10.9. The first-order valence-electron chi connectivity index (χ1n) is 5.53. The molecule has 0 aliphatic heterocycles. The molecule has 0 unspecified atom stereocenters. The molecule has 0 bridgehead atoms. The van der Waals surface area contributed by atoms with Gasteiger partial charge in [-0.05, 0) is 30.2 Å². The summed E-state index contributed by atoms with van der Waals surface area (Å²) in [6.07, 6.45) is 0.863. The molecule has 0 saturated carbocycles. The first-order chi connectivity index (χ1) is 8.17. The second-order valence-corrected chi connectivity index (χ2v) is 3.85. The first-order valence-corrected chi connectivity index (χ1v) is 5.53. The maximum atomic E-state index is 10.9. The molecule has 0 aliphatic carbocycles. The van der Waals surface area contributed by atoms with E-state index in [-0.39, 0.29) is 0 Å². The summed E-state index contributed by atoms with van der Waals surface area (Å²) in [5.74, 6) is 1.26. The fourth-order valence-electron chi connectivity index (χ4n) is 1.38. The molecule has 0 radical (unpaired) electrons. The van der Waals surface area contributed by atoms with Crippen LogP contribution < -0.4 is 9.64 Å². The van der Waals surface area contributed by atoms with E-state index in [4.69, 9.17) is 4.74 Å². The van der Waals surface area contributed by atoms with Gasteiger partial charge in [0.2, 0.25) is 6.41 Å². The van der Waals surface area contributed by atoms with E-state index >= 15 is 0 Å². The Morgan fingerprint density at radius 1 is 1.29 bits per heavy atom. The Morgan fingerprint density at radius 2 is 1.82 bits per heavy atom. The molecule has 3 nitrogen and oxygen atoms in total. The van der Waals surface area contributed by atoms with E-state index in [2.05, 4.69) is 27.0 Å². The van der Waals surface area contributed by atoms with Gasteiger partial charge in [0.15, 0.2) is 0 Å². The zero-order valence-electron chi connectivity index (χ0n) is 10.8. The second-order valence-electron chi connectivity index (χ2n) is 3.85. The molecule has 0 heterocycles. The number of benzene rings is 1. The minimum Gasteiger partial charge on any atom is -0.497 e. The van der Waals surface area contributed by atoms with Crippen LogP contribution in [0.1, 0.15) is 13.8 Å². The minimum absolute atomic E-state index is 0.456. The SMILES string of the molecule is C=C.COc1ccc(N(C=O)CC(C)C)cc1. The van der Waals surface area contributed by atoms with Crippen LogP contribution in [-0.2, 0) is 4.79 Å². The average molecular weight is 235 g/mol.